The fraction of sp³-hybridized carbons (Fsp3) is 0.200. The van der Waals surface area contributed by atoms with E-state index in [0.29, 0.717) is 10.8 Å². The second-order valence-corrected chi connectivity index (χ2v) is 5.89. The van der Waals surface area contributed by atoms with Crippen LogP contribution in [0.25, 0.3) is 5.69 Å². The molecule has 3 aromatic rings. The topological polar surface area (TPSA) is 72.7 Å². The lowest BCUT2D eigenvalue weighted by Gasteiger charge is -2.06. The summed E-state index contributed by atoms with van der Waals surface area (Å²) in [5.41, 5.74) is 3.76. The average molecular weight is 313 g/mol. The van der Waals surface area contributed by atoms with Crippen molar-refractivity contribution in [2.45, 2.75) is 19.8 Å². The van der Waals surface area contributed by atoms with Crippen LogP contribution in [0.4, 0.5) is 5.13 Å². The van der Waals surface area contributed by atoms with E-state index >= 15 is 0 Å². The minimum absolute atomic E-state index is 0.234. The van der Waals surface area contributed by atoms with E-state index in [-0.39, 0.29) is 11.8 Å². The van der Waals surface area contributed by atoms with Gasteiger partial charge in [-0.1, -0.05) is 43.4 Å². The third kappa shape index (κ3) is 2.89. The maximum Gasteiger partial charge on any atom is 0.276 e. The van der Waals surface area contributed by atoms with Gasteiger partial charge in [-0.15, -0.1) is 10.2 Å². The molecule has 0 aliphatic carbocycles. The van der Waals surface area contributed by atoms with E-state index in [1.165, 1.54) is 11.3 Å². The van der Waals surface area contributed by atoms with Crippen LogP contribution < -0.4 is 5.32 Å². The van der Waals surface area contributed by atoms with Gasteiger partial charge in [0.25, 0.3) is 5.91 Å². The first-order valence-corrected chi connectivity index (χ1v) is 7.76. The summed E-state index contributed by atoms with van der Waals surface area (Å²) < 4.78 is 1.66. The first-order chi connectivity index (χ1) is 10.6. The fourth-order valence-corrected chi connectivity index (χ4v) is 2.44. The van der Waals surface area contributed by atoms with Crippen molar-refractivity contribution in [2.24, 2.45) is 0 Å². The molecule has 3 rings (SSSR count). The molecule has 2 aromatic heterocycles. The zero-order chi connectivity index (χ0) is 15.5. The molecule has 6 nitrogen and oxygen atoms in total. The number of nitrogens with one attached hydrogen (secondary N) is 1. The second kappa shape index (κ2) is 6.07. The number of amides is 1. The van der Waals surface area contributed by atoms with Gasteiger partial charge < -0.3 is 0 Å². The molecule has 0 spiro atoms. The van der Waals surface area contributed by atoms with Crippen molar-refractivity contribution in [1.29, 1.82) is 0 Å². The summed E-state index contributed by atoms with van der Waals surface area (Å²) in [5, 5.41) is 15.3. The largest absolute Gasteiger partial charge is 0.295 e. The summed E-state index contributed by atoms with van der Waals surface area (Å²) in [5.74, 6) is -0.0157. The Hall–Kier alpha value is -2.54. The lowest BCUT2D eigenvalue weighted by atomic mass is 10.1. The van der Waals surface area contributed by atoms with Crippen LogP contribution >= 0.6 is 11.3 Å². The number of benzene rings is 1. The van der Waals surface area contributed by atoms with E-state index in [9.17, 15) is 4.79 Å². The van der Waals surface area contributed by atoms with Crippen molar-refractivity contribution >= 4 is 22.4 Å². The summed E-state index contributed by atoms with van der Waals surface area (Å²) >= 11 is 1.28. The van der Waals surface area contributed by atoms with Crippen LogP contribution in [0.1, 0.15) is 35.9 Å². The Bertz CT molecular complexity index is 765. The van der Waals surface area contributed by atoms with E-state index in [1.807, 2.05) is 50.2 Å². The van der Waals surface area contributed by atoms with E-state index in [0.717, 1.165) is 11.4 Å². The van der Waals surface area contributed by atoms with E-state index < -0.39 is 0 Å². The Balaban J connectivity index is 2.00. The fourth-order valence-electron chi connectivity index (χ4n) is 2.00. The van der Waals surface area contributed by atoms with Crippen LogP contribution in [0, 0.1) is 0 Å². The Morgan fingerprint density at radius 2 is 2.05 bits per heavy atom. The van der Waals surface area contributed by atoms with Gasteiger partial charge in [0.2, 0.25) is 5.13 Å². The van der Waals surface area contributed by atoms with Crippen LogP contribution in [0.3, 0.4) is 0 Å². The average Bonchev–Trinajstić information content (AvgIpc) is 3.17. The van der Waals surface area contributed by atoms with Gasteiger partial charge in [0.1, 0.15) is 11.2 Å². The van der Waals surface area contributed by atoms with Gasteiger partial charge >= 0.3 is 0 Å². The predicted octanol–water partition coefficient (Wildman–Crippen LogP) is 3.10. The van der Waals surface area contributed by atoms with Gasteiger partial charge in [-0.05, 0) is 24.1 Å². The summed E-state index contributed by atoms with van der Waals surface area (Å²) in [6, 6.07) is 11.4. The summed E-state index contributed by atoms with van der Waals surface area (Å²) in [4.78, 5) is 12.5. The lowest BCUT2D eigenvalue weighted by Crippen LogP contribution is -2.16. The molecule has 2 heterocycles. The van der Waals surface area contributed by atoms with Gasteiger partial charge in [-0.25, -0.2) is 4.68 Å². The molecule has 0 saturated carbocycles. The zero-order valence-corrected chi connectivity index (χ0v) is 13.0. The molecule has 1 N–H and O–H groups in total. The number of hydrogen-bond donors (Lipinski definition) is 1. The summed E-state index contributed by atoms with van der Waals surface area (Å²) in [6.45, 7) is 4.09. The second-order valence-electron chi connectivity index (χ2n) is 5.05. The summed E-state index contributed by atoms with van der Waals surface area (Å²) in [6.07, 6.45) is 0. The molecule has 0 radical (unpaired) electrons. The van der Waals surface area contributed by atoms with Crippen LogP contribution in [0.5, 0.6) is 0 Å². The molecule has 0 unspecified atom stereocenters. The number of carbonyl (C=O) groups is 1. The van der Waals surface area contributed by atoms with Gasteiger partial charge in [0.15, 0.2) is 0 Å². The standard InChI is InChI=1S/C15H15N5OS/c1-10(2)12-8-13(14(21)17-15-18-16-9-22-15)20(19-12)11-6-4-3-5-7-11/h3-10H,1-2H3,(H,17,18,21). The SMILES string of the molecule is CC(C)c1cc(C(=O)Nc2nncs2)n(-c2ccccc2)n1. The molecule has 1 aromatic carbocycles. The normalized spacial score (nSPS) is 10.9. The molecule has 22 heavy (non-hydrogen) atoms. The van der Waals surface area contributed by atoms with Crippen molar-refractivity contribution < 1.29 is 4.79 Å². The van der Waals surface area contributed by atoms with Crippen molar-refractivity contribution in [3.05, 3.63) is 53.3 Å². The first-order valence-electron chi connectivity index (χ1n) is 6.88. The van der Waals surface area contributed by atoms with Crippen molar-refractivity contribution in [1.82, 2.24) is 20.0 Å². The lowest BCUT2D eigenvalue weighted by molar-refractivity contribution is 0.101. The monoisotopic (exact) mass is 313 g/mol. The van der Waals surface area contributed by atoms with E-state index in [2.05, 4.69) is 20.6 Å². The minimum atomic E-state index is -0.250. The summed E-state index contributed by atoms with van der Waals surface area (Å²) in [7, 11) is 0. The van der Waals surface area contributed by atoms with Crippen LogP contribution in [0.2, 0.25) is 0 Å². The molecular weight excluding hydrogens is 298 g/mol. The number of aromatic nitrogens is 4. The zero-order valence-electron chi connectivity index (χ0n) is 12.2. The number of hydrogen-bond acceptors (Lipinski definition) is 5. The van der Waals surface area contributed by atoms with Crippen LogP contribution in [-0.2, 0) is 0 Å². The number of carbonyl (C=O) groups excluding carboxylic acids is 1. The Kier molecular flexibility index (Phi) is 3.97. The van der Waals surface area contributed by atoms with Gasteiger partial charge in [-0.3, -0.25) is 10.1 Å². The minimum Gasteiger partial charge on any atom is -0.295 e. The number of nitrogens with zero attached hydrogens (tertiary/aromatic N) is 4. The molecule has 0 aliphatic rings. The maximum absolute atomic E-state index is 12.5. The highest BCUT2D eigenvalue weighted by atomic mass is 32.1. The van der Waals surface area contributed by atoms with Crippen molar-refractivity contribution in [3.63, 3.8) is 0 Å². The molecule has 0 fully saturated rings. The maximum atomic E-state index is 12.5. The molecular formula is C15H15N5OS. The Morgan fingerprint density at radius 1 is 1.27 bits per heavy atom. The molecule has 0 saturated heterocycles. The number of rotatable bonds is 4. The quantitative estimate of drug-likeness (QED) is 0.803. The van der Waals surface area contributed by atoms with E-state index in [4.69, 9.17) is 0 Å². The van der Waals surface area contributed by atoms with Crippen molar-refractivity contribution in [2.75, 3.05) is 5.32 Å². The number of para-hydroxylation sites is 1. The molecule has 1 amide bonds. The highest BCUT2D eigenvalue weighted by Gasteiger charge is 2.18. The predicted molar refractivity (Wildman–Crippen MR) is 85.5 cm³/mol. The highest BCUT2D eigenvalue weighted by molar-refractivity contribution is 7.13. The Labute approximate surface area is 131 Å². The number of anilines is 1. The highest BCUT2D eigenvalue weighted by Crippen LogP contribution is 2.20. The van der Waals surface area contributed by atoms with Gasteiger partial charge in [0.05, 0.1) is 11.4 Å². The third-order valence-corrected chi connectivity index (χ3v) is 3.74. The molecule has 0 bridgehead atoms. The molecule has 0 atom stereocenters. The molecule has 0 aliphatic heterocycles. The first kappa shape index (κ1) is 14.4. The van der Waals surface area contributed by atoms with Crippen molar-refractivity contribution in [3.8, 4) is 5.69 Å². The molecule has 112 valence electrons. The van der Waals surface area contributed by atoms with Gasteiger partial charge in [-0.2, -0.15) is 5.10 Å². The Morgan fingerprint density at radius 3 is 2.68 bits per heavy atom. The smallest absolute Gasteiger partial charge is 0.276 e. The van der Waals surface area contributed by atoms with Gasteiger partial charge in [0, 0.05) is 0 Å². The third-order valence-electron chi connectivity index (χ3n) is 3.13. The molecule has 7 heteroatoms. The van der Waals surface area contributed by atoms with Crippen LogP contribution in [0.15, 0.2) is 41.9 Å². The van der Waals surface area contributed by atoms with Crippen LogP contribution in [-0.4, -0.2) is 25.9 Å². The van der Waals surface area contributed by atoms with E-state index in [1.54, 1.807) is 10.2 Å².